The molecule has 1 aliphatic rings. The summed E-state index contributed by atoms with van der Waals surface area (Å²) in [6.07, 6.45) is 1.31. The molecular formula is C14H19F3N2. The Labute approximate surface area is 111 Å². The SMILES string of the molecule is CNC(c1cccnc1)C1CCCC(C(F)(F)F)C1. The Bertz CT molecular complexity index is 391. The first kappa shape index (κ1) is 14.3. The number of alkyl halides is 3. The summed E-state index contributed by atoms with van der Waals surface area (Å²) in [4.78, 5) is 4.05. The minimum Gasteiger partial charge on any atom is -0.313 e. The lowest BCUT2D eigenvalue weighted by atomic mass is 9.76. The lowest BCUT2D eigenvalue weighted by molar-refractivity contribution is -0.186. The van der Waals surface area contributed by atoms with Crippen LogP contribution in [0, 0.1) is 11.8 Å². The Morgan fingerprint density at radius 1 is 1.37 bits per heavy atom. The lowest BCUT2D eigenvalue weighted by Crippen LogP contribution is -2.34. The van der Waals surface area contributed by atoms with E-state index in [1.165, 1.54) is 0 Å². The molecule has 0 aliphatic heterocycles. The number of hydrogen-bond acceptors (Lipinski definition) is 2. The number of halogens is 3. The van der Waals surface area contributed by atoms with Crippen LogP contribution in [-0.4, -0.2) is 18.2 Å². The van der Waals surface area contributed by atoms with Gasteiger partial charge in [-0.25, -0.2) is 0 Å². The summed E-state index contributed by atoms with van der Waals surface area (Å²) < 4.78 is 38.6. The third-order valence-corrected chi connectivity index (χ3v) is 4.00. The number of pyridine rings is 1. The number of hydrogen-bond donors (Lipinski definition) is 1. The summed E-state index contributed by atoms with van der Waals surface area (Å²) in [6.45, 7) is 0. The molecule has 1 saturated carbocycles. The van der Waals surface area contributed by atoms with E-state index in [4.69, 9.17) is 0 Å². The highest BCUT2D eigenvalue weighted by Crippen LogP contribution is 2.43. The van der Waals surface area contributed by atoms with E-state index in [9.17, 15) is 13.2 Å². The average Bonchev–Trinajstić information content (AvgIpc) is 2.40. The third kappa shape index (κ3) is 3.47. The molecule has 1 aromatic rings. The van der Waals surface area contributed by atoms with Crippen molar-refractivity contribution in [1.82, 2.24) is 10.3 Å². The Kier molecular flexibility index (Phi) is 4.45. The van der Waals surface area contributed by atoms with Crippen LogP contribution in [0.5, 0.6) is 0 Å². The Hall–Kier alpha value is -1.10. The van der Waals surface area contributed by atoms with Gasteiger partial charge in [-0.2, -0.15) is 13.2 Å². The molecule has 1 fully saturated rings. The van der Waals surface area contributed by atoms with Gasteiger partial charge in [0, 0.05) is 18.4 Å². The highest BCUT2D eigenvalue weighted by molar-refractivity contribution is 5.15. The zero-order valence-corrected chi connectivity index (χ0v) is 11.0. The zero-order valence-electron chi connectivity index (χ0n) is 11.0. The standard InChI is InChI=1S/C14H19F3N2/c1-18-13(11-5-3-7-19-9-11)10-4-2-6-12(8-10)14(15,16)17/h3,5,7,9-10,12-13,18H,2,4,6,8H2,1H3. The Morgan fingerprint density at radius 2 is 2.16 bits per heavy atom. The Balaban J connectivity index is 2.11. The summed E-state index contributed by atoms with van der Waals surface area (Å²) in [5.74, 6) is -1.13. The van der Waals surface area contributed by atoms with Gasteiger partial charge in [0.1, 0.15) is 0 Å². The van der Waals surface area contributed by atoms with Gasteiger partial charge >= 0.3 is 6.18 Å². The molecular weight excluding hydrogens is 253 g/mol. The van der Waals surface area contributed by atoms with Crippen LogP contribution >= 0.6 is 0 Å². The predicted molar refractivity (Wildman–Crippen MR) is 67.5 cm³/mol. The Morgan fingerprint density at radius 3 is 2.74 bits per heavy atom. The second-order valence-electron chi connectivity index (χ2n) is 5.22. The van der Waals surface area contributed by atoms with Gasteiger partial charge in [0.25, 0.3) is 0 Å². The highest BCUT2D eigenvalue weighted by atomic mass is 19.4. The minimum atomic E-state index is -4.06. The summed E-state index contributed by atoms with van der Waals surface area (Å²) in [5.41, 5.74) is 0.970. The van der Waals surface area contributed by atoms with Crippen molar-refractivity contribution in [3.05, 3.63) is 30.1 Å². The van der Waals surface area contributed by atoms with Gasteiger partial charge in [0.05, 0.1) is 5.92 Å². The maximum absolute atomic E-state index is 12.9. The molecule has 1 heterocycles. The normalized spacial score (nSPS) is 26.1. The van der Waals surface area contributed by atoms with Crippen LogP contribution in [0.25, 0.3) is 0 Å². The molecule has 0 aromatic carbocycles. The second kappa shape index (κ2) is 5.90. The van der Waals surface area contributed by atoms with Crippen molar-refractivity contribution >= 4 is 0 Å². The van der Waals surface area contributed by atoms with E-state index in [1.54, 1.807) is 19.4 Å². The van der Waals surface area contributed by atoms with E-state index >= 15 is 0 Å². The minimum absolute atomic E-state index is 0.0228. The summed E-state index contributed by atoms with van der Waals surface area (Å²) in [5, 5.41) is 3.15. The molecule has 1 N–H and O–H groups in total. The molecule has 0 spiro atoms. The first-order valence-corrected chi connectivity index (χ1v) is 6.66. The molecule has 19 heavy (non-hydrogen) atoms. The van der Waals surface area contributed by atoms with Crippen LogP contribution in [0.15, 0.2) is 24.5 Å². The lowest BCUT2D eigenvalue weighted by Gasteiger charge is -2.35. The average molecular weight is 272 g/mol. The van der Waals surface area contributed by atoms with Crippen molar-refractivity contribution in [2.75, 3.05) is 7.05 Å². The monoisotopic (exact) mass is 272 g/mol. The molecule has 5 heteroatoms. The van der Waals surface area contributed by atoms with Crippen molar-refractivity contribution in [2.24, 2.45) is 11.8 Å². The topological polar surface area (TPSA) is 24.9 Å². The van der Waals surface area contributed by atoms with Crippen LogP contribution in [-0.2, 0) is 0 Å². The van der Waals surface area contributed by atoms with Crippen LogP contribution in [0.1, 0.15) is 37.3 Å². The van der Waals surface area contributed by atoms with Gasteiger partial charge in [-0.3, -0.25) is 4.98 Å². The summed E-state index contributed by atoms with van der Waals surface area (Å²) in [7, 11) is 1.80. The molecule has 0 amide bonds. The van der Waals surface area contributed by atoms with Crippen LogP contribution in [0.2, 0.25) is 0 Å². The fraction of sp³-hybridized carbons (Fsp3) is 0.643. The van der Waals surface area contributed by atoms with Gasteiger partial charge in [0.15, 0.2) is 0 Å². The zero-order chi connectivity index (χ0) is 13.9. The fourth-order valence-corrected chi connectivity index (χ4v) is 3.06. The van der Waals surface area contributed by atoms with Gasteiger partial charge in [0.2, 0.25) is 0 Å². The van der Waals surface area contributed by atoms with Gasteiger partial charge < -0.3 is 5.32 Å². The molecule has 2 rings (SSSR count). The van der Waals surface area contributed by atoms with E-state index in [0.717, 1.165) is 12.0 Å². The molecule has 0 saturated heterocycles. The van der Waals surface area contributed by atoms with E-state index in [1.807, 2.05) is 12.1 Å². The molecule has 0 bridgehead atoms. The molecule has 1 aromatic heterocycles. The van der Waals surface area contributed by atoms with Crippen molar-refractivity contribution in [2.45, 2.75) is 37.9 Å². The van der Waals surface area contributed by atoms with Gasteiger partial charge in [-0.05, 0) is 43.9 Å². The summed E-state index contributed by atoms with van der Waals surface area (Å²) in [6, 6.07) is 3.70. The predicted octanol–water partition coefficient (Wildman–Crippen LogP) is 3.71. The van der Waals surface area contributed by atoms with Crippen molar-refractivity contribution in [3.8, 4) is 0 Å². The molecule has 3 atom stereocenters. The third-order valence-electron chi connectivity index (χ3n) is 4.00. The number of aromatic nitrogens is 1. The van der Waals surface area contributed by atoms with Crippen LogP contribution in [0.3, 0.4) is 0 Å². The van der Waals surface area contributed by atoms with Gasteiger partial charge in [-0.15, -0.1) is 0 Å². The highest BCUT2D eigenvalue weighted by Gasteiger charge is 2.43. The maximum atomic E-state index is 12.9. The van der Waals surface area contributed by atoms with E-state index < -0.39 is 12.1 Å². The fourth-order valence-electron chi connectivity index (χ4n) is 3.06. The van der Waals surface area contributed by atoms with Crippen molar-refractivity contribution in [3.63, 3.8) is 0 Å². The molecule has 3 unspecified atom stereocenters. The molecule has 0 radical (unpaired) electrons. The smallest absolute Gasteiger partial charge is 0.313 e. The van der Waals surface area contributed by atoms with Gasteiger partial charge in [-0.1, -0.05) is 12.5 Å². The van der Waals surface area contributed by atoms with Crippen molar-refractivity contribution in [1.29, 1.82) is 0 Å². The molecule has 2 nitrogen and oxygen atoms in total. The van der Waals surface area contributed by atoms with Crippen molar-refractivity contribution < 1.29 is 13.2 Å². The van der Waals surface area contributed by atoms with Crippen LogP contribution in [0.4, 0.5) is 13.2 Å². The molecule has 1 aliphatic carbocycles. The number of nitrogens with one attached hydrogen (secondary N) is 1. The second-order valence-corrected chi connectivity index (χ2v) is 5.22. The molecule has 106 valence electrons. The largest absolute Gasteiger partial charge is 0.391 e. The number of rotatable bonds is 3. The maximum Gasteiger partial charge on any atom is 0.391 e. The first-order valence-electron chi connectivity index (χ1n) is 6.66. The van der Waals surface area contributed by atoms with E-state index in [-0.39, 0.29) is 24.8 Å². The summed E-state index contributed by atoms with van der Waals surface area (Å²) >= 11 is 0. The first-order chi connectivity index (χ1) is 9.02. The van der Waals surface area contributed by atoms with E-state index in [0.29, 0.717) is 6.42 Å². The van der Waals surface area contributed by atoms with Crippen LogP contribution < -0.4 is 5.32 Å². The number of nitrogens with zero attached hydrogens (tertiary/aromatic N) is 1. The quantitative estimate of drug-likeness (QED) is 0.907. The van der Waals surface area contributed by atoms with E-state index in [2.05, 4.69) is 10.3 Å².